The smallest absolute Gasteiger partial charge is 0.228 e. The Morgan fingerprint density at radius 2 is 2.00 bits per heavy atom. The summed E-state index contributed by atoms with van der Waals surface area (Å²) in [5, 5.41) is 12.1. The third-order valence-corrected chi connectivity index (χ3v) is 2.95. The topological polar surface area (TPSA) is 49.3 Å². The summed E-state index contributed by atoms with van der Waals surface area (Å²) in [4.78, 5) is 12.0. The van der Waals surface area contributed by atoms with Crippen LogP contribution in [-0.4, -0.2) is 17.6 Å². The van der Waals surface area contributed by atoms with Crippen molar-refractivity contribution in [2.24, 2.45) is 0 Å². The number of hydrogen-bond donors (Lipinski definition) is 2. The number of rotatable bonds is 3. The van der Waals surface area contributed by atoms with Crippen LogP contribution in [0.3, 0.4) is 0 Å². The number of amides is 1. The molecule has 1 amide bonds. The highest BCUT2D eigenvalue weighted by molar-refractivity contribution is 6.30. The van der Waals surface area contributed by atoms with Gasteiger partial charge in [-0.25, -0.2) is 0 Å². The zero-order valence-electron chi connectivity index (χ0n) is 11.3. The van der Waals surface area contributed by atoms with Crippen LogP contribution in [0.5, 0.6) is 0 Å². The summed E-state index contributed by atoms with van der Waals surface area (Å²) in [5.41, 5.74) is 2.27. The Bertz CT molecular complexity index is 701. The highest BCUT2D eigenvalue weighted by Crippen LogP contribution is 2.13. The van der Waals surface area contributed by atoms with Gasteiger partial charge in [0.2, 0.25) is 5.91 Å². The van der Waals surface area contributed by atoms with Gasteiger partial charge >= 0.3 is 0 Å². The molecule has 3 nitrogen and oxygen atoms in total. The van der Waals surface area contributed by atoms with E-state index in [1.54, 1.807) is 30.3 Å². The molecule has 0 aliphatic carbocycles. The largest absolute Gasteiger partial charge is 0.384 e. The number of nitrogens with one attached hydrogen (secondary N) is 1. The molecule has 106 valence electrons. The van der Waals surface area contributed by atoms with E-state index >= 15 is 0 Å². The molecule has 2 aromatic carbocycles. The molecule has 2 aromatic rings. The molecule has 0 aliphatic heterocycles. The van der Waals surface area contributed by atoms with E-state index in [2.05, 4.69) is 17.2 Å². The zero-order valence-corrected chi connectivity index (χ0v) is 12.0. The summed E-state index contributed by atoms with van der Waals surface area (Å²) in [6, 6.07) is 14.4. The highest BCUT2D eigenvalue weighted by atomic mass is 35.5. The lowest BCUT2D eigenvalue weighted by atomic mass is 10.1. The van der Waals surface area contributed by atoms with E-state index in [1.165, 1.54) is 0 Å². The predicted octanol–water partition coefficient (Wildman–Crippen LogP) is 2.87. The maximum Gasteiger partial charge on any atom is 0.228 e. The number of benzene rings is 2. The predicted molar refractivity (Wildman–Crippen MR) is 84.2 cm³/mol. The van der Waals surface area contributed by atoms with Gasteiger partial charge in [-0.15, -0.1) is 0 Å². The minimum atomic E-state index is -0.189. The van der Waals surface area contributed by atoms with E-state index in [1.807, 2.05) is 18.2 Å². The average molecular weight is 300 g/mol. The molecule has 0 bridgehead atoms. The normalized spacial score (nSPS) is 9.62. The summed E-state index contributed by atoms with van der Waals surface area (Å²) in [6.07, 6.45) is 0.257. The lowest BCUT2D eigenvalue weighted by Crippen LogP contribution is -2.14. The SMILES string of the molecule is O=C(Cc1cccc(Cl)c1)Nc1cccc(C#CCO)c1. The number of aliphatic hydroxyl groups is 1. The molecule has 0 aliphatic rings. The Kier molecular flexibility index (Phi) is 5.39. The molecule has 0 heterocycles. The number of hydrogen-bond acceptors (Lipinski definition) is 2. The number of aliphatic hydroxyl groups excluding tert-OH is 1. The second-order valence-corrected chi connectivity index (χ2v) is 4.83. The zero-order chi connectivity index (χ0) is 15.1. The Morgan fingerprint density at radius 1 is 1.19 bits per heavy atom. The van der Waals surface area contributed by atoms with E-state index in [-0.39, 0.29) is 18.9 Å². The maximum absolute atomic E-state index is 12.0. The first-order valence-corrected chi connectivity index (χ1v) is 6.79. The van der Waals surface area contributed by atoms with Crippen LogP contribution >= 0.6 is 11.6 Å². The summed E-state index contributed by atoms with van der Waals surface area (Å²) in [6.45, 7) is -0.189. The number of carbonyl (C=O) groups is 1. The van der Waals surface area contributed by atoms with Crippen LogP contribution < -0.4 is 5.32 Å². The molecule has 0 saturated heterocycles. The van der Waals surface area contributed by atoms with Gasteiger partial charge in [0.25, 0.3) is 0 Å². The van der Waals surface area contributed by atoms with Crippen LogP contribution in [-0.2, 0) is 11.2 Å². The fraction of sp³-hybridized carbons (Fsp3) is 0.118. The van der Waals surface area contributed by atoms with Crippen LogP contribution in [0.4, 0.5) is 5.69 Å². The van der Waals surface area contributed by atoms with Crippen molar-refractivity contribution in [2.75, 3.05) is 11.9 Å². The molecular formula is C17H14ClNO2. The number of anilines is 1. The Hall–Kier alpha value is -2.28. The van der Waals surface area contributed by atoms with Crippen molar-refractivity contribution in [3.05, 3.63) is 64.7 Å². The first-order chi connectivity index (χ1) is 10.2. The van der Waals surface area contributed by atoms with E-state index in [4.69, 9.17) is 16.7 Å². The van der Waals surface area contributed by atoms with Crippen molar-refractivity contribution >= 4 is 23.2 Å². The molecule has 0 fully saturated rings. The highest BCUT2D eigenvalue weighted by Gasteiger charge is 2.05. The van der Waals surface area contributed by atoms with Crippen LogP contribution in [0.25, 0.3) is 0 Å². The van der Waals surface area contributed by atoms with E-state index in [0.29, 0.717) is 10.7 Å². The third kappa shape index (κ3) is 4.96. The Balaban J connectivity index is 2.02. The van der Waals surface area contributed by atoms with E-state index < -0.39 is 0 Å². The molecule has 0 saturated carbocycles. The minimum Gasteiger partial charge on any atom is -0.384 e. The molecule has 21 heavy (non-hydrogen) atoms. The molecule has 2 rings (SSSR count). The molecule has 4 heteroatoms. The molecule has 0 radical (unpaired) electrons. The molecule has 0 aromatic heterocycles. The standard InChI is InChI=1S/C17H14ClNO2/c18-15-7-1-5-14(10-15)12-17(21)19-16-8-2-4-13(11-16)6-3-9-20/h1-2,4-5,7-8,10-11,20H,9,12H2,(H,19,21). The molecule has 0 spiro atoms. The van der Waals surface area contributed by atoms with Crippen LogP contribution in [0.1, 0.15) is 11.1 Å². The van der Waals surface area contributed by atoms with Gasteiger partial charge in [-0.2, -0.15) is 0 Å². The van der Waals surface area contributed by atoms with Crippen molar-refractivity contribution in [1.82, 2.24) is 0 Å². The van der Waals surface area contributed by atoms with Gasteiger partial charge in [0.05, 0.1) is 6.42 Å². The fourth-order valence-corrected chi connectivity index (χ4v) is 2.07. The number of halogens is 1. The van der Waals surface area contributed by atoms with Crippen molar-refractivity contribution < 1.29 is 9.90 Å². The Morgan fingerprint density at radius 3 is 2.76 bits per heavy atom. The van der Waals surface area contributed by atoms with Crippen molar-refractivity contribution in [2.45, 2.75) is 6.42 Å². The average Bonchev–Trinajstić information content (AvgIpc) is 2.45. The number of carbonyl (C=O) groups excluding carboxylic acids is 1. The lowest BCUT2D eigenvalue weighted by Gasteiger charge is -2.06. The van der Waals surface area contributed by atoms with Crippen molar-refractivity contribution in [3.8, 4) is 11.8 Å². The van der Waals surface area contributed by atoms with Crippen LogP contribution in [0, 0.1) is 11.8 Å². The molecule has 2 N–H and O–H groups in total. The summed E-state index contributed by atoms with van der Waals surface area (Å²) >= 11 is 5.89. The molecule has 0 unspecified atom stereocenters. The quantitative estimate of drug-likeness (QED) is 0.856. The molecule has 0 atom stereocenters. The van der Waals surface area contributed by atoms with Gasteiger partial charge in [0, 0.05) is 16.3 Å². The van der Waals surface area contributed by atoms with Crippen molar-refractivity contribution in [3.63, 3.8) is 0 Å². The van der Waals surface area contributed by atoms with Gasteiger partial charge in [0.15, 0.2) is 0 Å². The van der Waals surface area contributed by atoms with Gasteiger partial charge in [-0.1, -0.05) is 41.6 Å². The monoisotopic (exact) mass is 299 g/mol. The third-order valence-electron chi connectivity index (χ3n) is 2.71. The van der Waals surface area contributed by atoms with E-state index in [0.717, 1.165) is 11.1 Å². The maximum atomic E-state index is 12.0. The van der Waals surface area contributed by atoms with E-state index in [9.17, 15) is 4.79 Å². The Labute approximate surface area is 128 Å². The van der Waals surface area contributed by atoms with Gasteiger partial charge in [-0.05, 0) is 35.9 Å². The summed E-state index contributed by atoms with van der Waals surface area (Å²) < 4.78 is 0. The lowest BCUT2D eigenvalue weighted by molar-refractivity contribution is -0.115. The molecular weight excluding hydrogens is 286 g/mol. The van der Waals surface area contributed by atoms with Crippen LogP contribution in [0.15, 0.2) is 48.5 Å². The second-order valence-electron chi connectivity index (χ2n) is 4.40. The summed E-state index contributed by atoms with van der Waals surface area (Å²) in [5.74, 6) is 5.24. The first-order valence-electron chi connectivity index (χ1n) is 6.41. The summed E-state index contributed by atoms with van der Waals surface area (Å²) in [7, 11) is 0. The first kappa shape index (κ1) is 15.1. The fourth-order valence-electron chi connectivity index (χ4n) is 1.85. The van der Waals surface area contributed by atoms with Gasteiger partial charge in [0.1, 0.15) is 6.61 Å². The van der Waals surface area contributed by atoms with Crippen LogP contribution in [0.2, 0.25) is 5.02 Å². The van der Waals surface area contributed by atoms with Gasteiger partial charge < -0.3 is 10.4 Å². The van der Waals surface area contributed by atoms with Gasteiger partial charge in [-0.3, -0.25) is 4.79 Å². The second kappa shape index (κ2) is 7.49. The minimum absolute atomic E-state index is 0.121. The van der Waals surface area contributed by atoms with Crippen molar-refractivity contribution in [1.29, 1.82) is 0 Å².